The molecule has 0 heterocycles. The molecule has 2 aromatic carbocycles. The van der Waals surface area contributed by atoms with Gasteiger partial charge in [-0.1, -0.05) is 24.3 Å². The lowest BCUT2D eigenvalue weighted by Crippen LogP contribution is -2.08. The van der Waals surface area contributed by atoms with Crippen molar-refractivity contribution in [1.29, 1.82) is 0 Å². The summed E-state index contributed by atoms with van der Waals surface area (Å²) < 4.78 is 0. The number of carbonyl (C=O) groups is 2. The summed E-state index contributed by atoms with van der Waals surface area (Å²) in [7, 11) is 0. The van der Waals surface area contributed by atoms with Crippen LogP contribution in [-0.2, 0) is 4.79 Å². The third-order valence-corrected chi connectivity index (χ3v) is 2.70. The number of fused-ring (bicyclic) bond motifs is 1. The lowest BCUT2D eigenvalue weighted by atomic mass is 10.1. The van der Waals surface area contributed by atoms with Crippen LogP contribution in [0.15, 0.2) is 36.4 Å². The lowest BCUT2D eigenvalue weighted by molar-refractivity contribution is -0.136. The van der Waals surface area contributed by atoms with E-state index in [2.05, 4.69) is 5.32 Å². The third-order valence-electron chi connectivity index (χ3n) is 2.70. The van der Waals surface area contributed by atoms with Gasteiger partial charge >= 0.3 is 5.97 Å². The molecular weight excluding hydrogens is 230 g/mol. The average Bonchev–Trinajstić information content (AvgIpc) is 2.37. The molecule has 0 saturated heterocycles. The first-order chi connectivity index (χ1) is 8.70. The van der Waals surface area contributed by atoms with Crippen LogP contribution in [0.2, 0.25) is 0 Å². The molecule has 0 radical (unpaired) electrons. The number of aliphatic carboxylic acids is 1. The molecular formula is C14H13NO3. The van der Waals surface area contributed by atoms with Crippen molar-refractivity contribution >= 4 is 28.7 Å². The van der Waals surface area contributed by atoms with E-state index < -0.39 is 5.97 Å². The summed E-state index contributed by atoms with van der Waals surface area (Å²) in [6, 6.07) is 11.4. The summed E-state index contributed by atoms with van der Waals surface area (Å²) in [5, 5.41) is 13.6. The molecule has 0 unspecified atom stereocenters. The highest BCUT2D eigenvalue weighted by atomic mass is 16.4. The van der Waals surface area contributed by atoms with Gasteiger partial charge in [0.15, 0.2) is 6.29 Å². The Hall–Kier alpha value is -2.36. The molecule has 4 heteroatoms. The molecule has 0 fully saturated rings. The van der Waals surface area contributed by atoms with Crippen LogP contribution in [0.5, 0.6) is 0 Å². The molecule has 18 heavy (non-hydrogen) atoms. The van der Waals surface area contributed by atoms with Crippen LogP contribution in [0.3, 0.4) is 0 Å². The molecule has 2 aromatic rings. The molecule has 4 nitrogen and oxygen atoms in total. The van der Waals surface area contributed by atoms with E-state index in [0.29, 0.717) is 17.8 Å². The zero-order valence-corrected chi connectivity index (χ0v) is 9.72. The fraction of sp³-hybridized carbons (Fsp3) is 0.143. The number of nitrogens with one attached hydrogen (secondary N) is 1. The van der Waals surface area contributed by atoms with Gasteiger partial charge in [0.25, 0.3) is 0 Å². The summed E-state index contributed by atoms with van der Waals surface area (Å²) in [4.78, 5) is 21.5. The van der Waals surface area contributed by atoms with Crippen LogP contribution >= 0.6 is 0 Å². The van der Waals surface area contributed by atoms with Crippen LogP contribution in [0, 0.1) is 0 Å². The number of benzene rings is 2. The maximum Gasteiger partial charge on any atom is 0.305 e. The van der Waals surface area contributed by atoms with Crippen LogP contribution in [-0.4, -0.2) is 23.9 Å². The van der Waals surface area contributed by atoms with E-state index in [4.69, 9.17) is 5.11 Å². The number of carboxylic acid groups (broad SMARTS) is 1. The van der Waals surface area contributed by atoms with Gasteiger partial charge in [-0.2, -0.15) is 0 Å². The molecule has 0 aliphatic carbocycles. The molecule has 0 atom stereocenters. The molecule has 0 aliphatic heterocycles. The first-order valence-corrected chi connectivity index (χ1v) is 5.64. The van der Waals surface area contributed by atoms with E-state index in [1.165, 1.54) is 0 Å². The number of anilines is 1. The van der Waals surface area contributed by atoms with E-state index in [-0.39, 0.29) is 6.42 Å². The quantitative estimate of drug-likeness (QED) is 0.792. The van der Waals surface area contributed by atoms with Gasteiger partial charge in [-0.3, -0.25) is 9.59 Å². The highest BCUT2D eigenvalue weighted by molar-refractivity contribution is 5.95. The van der Waals surface area contributed by atoms with E-state index >= 15 is 0 Å². The Morgan fingerprint density at radius 3 is 2.50 bits per heavy atom. The van der Waals surface area contributed by atoms with Crippen molar-refractivity contribution in [2.45, 2.75) is 6.42 Å². The van der Waals surface area contributed by atoms with Crippen molar-refractivity contribution in [3.05, 3.63) is 42.0 Å². The highest BCUT2D eigenvalue weighted by Crippen LogP contribution is 2.22. The minimum atomic E-state index is -0.865. The molecule has 0 bridgehead atoms. The van der Waals surface area contributed by atoms with Crippen LogP contribution in [0.4, 0.5) is 5.69 Å². The normalized spacial score (nSPS) is 10.2. The van der Waals surface area contributed by atoms with E-state index in [9.17, 15) is 9.59 Å². The van der Waals surface area contributed by atoms with E-state index in [0.717, 1.165) is 17.1 Å². The Labute approximate surface area is 104 Å². The maximum absolute atomic E-state index is 11.0. The van der Waals surface area contributed by atoms with Gasteiger partial charge in [0, 0.05) is 17.8 Å². The number of rotatable bonds is 5. The van der Waals surface area contributed by atoms with Crippen molar-refractivity contribution < 1.29 is 14.7 Å². The second kappa shape index (κ2) is 5.31. The van der Waals surface area contributed by atoms with Crippen molar-refractivity contribution in [2.75, 3.05) is 11.9 Å². The Kier molecular flexibility index (Phi) is 3.57. The van der Waals surface area contributed by atoms with Gasteiger partial charge in [0.1, 0.15) is 0 Å². The smallest absolute Gasteiger partial charge is 0.305 e. The largest absolute Gasteiger partial charge is 0.481 e. The summed E-state index contributed by atoms with van der Waals surface area (Å²) >= 11 is 0. The topological polar surface area (TPSA) is 66.4 Å². The second-order valence-corrected chi connectivity index (χ2v) is 3.97. The molecule has 0 aromatic heterocycles. The maximum atomic E-state index is 11.0. The average molecular weight is 243 g/mol. The number of aldehydes is 1. The number of hydrogen-bond acceptors (Lipinski definition) is 3. The summed E-state index contributed by atoms with van der Waals surface area (Å²) in [5.41, 5.74) is 1.21. The molecule has 2 N–H and O–H groups in total. The monoisotopic (exact) mass is 243 g/mol. The minimum Gasteiger partial charge on any atom is -0.481 e. The Morgan fingerprint density at radius 2 is 1.89 bits per heavy atom. The lowest BCUT2D eigenvalue weighted by Gasteiger charge is -2.09. The summed E-state index contributed by atoms with van der Waals surface area (Å²) in [5.74, 6) is -0.865. The van der Waals surface area contributed by atoms with Gasteiger partial charge in [-0.25, -0.2) is 0 Å². The Balaban J connectivity index is 2.30. The number of hydrogen-bond donors (Lipinski definition) is 2. The molecule has 2 rings (SSSR count). The summed E-state index contributed by atoms with van der Waals surface area (Å²) in [6.45, 7) is 0.300. The minimum absolute atomic E-state index is 0.0190. The van der Waals surface area contributed by atoms with Crippen LogP contribution in [0.1, 0.15) is 16.8 Å². The SMILES string of the molecule is O=Cc1cc2ccccc2cc1NCCC(=O)O. The zero-order valence-electron chi connectivity index (χ0n) is 9.72. The Morgan fingerprint density at radius 1 is 1.22 bits per heavy atom. The molecule has 0 spiro atoms. The molecule has 0 amide bonds. The van der Waals surface area contributed by atoms with E-state index in [1.807, 2.05) is 30.3 Å². The van der Waals surface area contributed by atoms with E-state index in [1.54, 1.807) is 6.07 Å². The third kappa shape index (κ3) is 2.66. The summed E-state index contributed by atoms with van der Waals surface area (Å²) in [6.07, 6.45) is 0.792. The molecule has 0 saturated carbocycles. The van der Waals surface area contributed by atoms with Crippen LogP contribution < -0.4 is 5.32 Å². The zero-order chi connectivity index (χ0) is 13.0. The fourth-order valence-electron chi connectivity index (χ4n) is 1.81. The van der Waals surface area contributed by atoms with Crippen molar-refractivity contribution in [1.82, 2.24) is 0 Å². The Bertz CT molecular complexity index is 593. The molecule has 0 aliphatic rings. The van der Waals surface area contributed by atoms with Gasteiger partial charge in [-0.05, 0) is 22.9 Å². The fourth-order valence-corrected chi connectivity index (χ4v) is 1.81. The standard InChI is InChI=1S/C14H13NO3/c16-9-12-7-10-3-1-2-4-11(10)8-13(12)15-6-5-14(17)18/h1-4,7-9,15H,5-6H2,(H,17,18). The van der Waals surface area contributed by atoms with Gasteiger partial charge in [0.2, 0.25) is 0 Å². The van der Waals surface area contributed by atoms with Crippen molar-refractivity contribution in [3.63, 3.8) is 0 Å². The number of carboxylic acids is 1. The predicted molar refractivity (Wildman–Crippen MR) is 70.1 cm³/mol. The van der Waals surface area contributed by atoms with Gasteiger partial charge in [-0.15, -0.1) is 0 Å². The first kappa shape index (κ1) is 12.1. The van der Waals surface area contributed by atoms with Gasteiger partial charge < -0.3 is 10.4 Å². The highest BCUT2D eigenvalue weighted by Gasteiger charge is 2.04. The molecule has 92 valence electrons. The first-order valence-electron chi connectivity index (χ1n) is 5.64. The van der Waals surface area contributed by atoms with Crippen molar-refractivity contribution in [2.24, 2.45) is 0 Å². The number of carbonyl (C=O) groups excluding carboxylic acids is 1. The van der Waals surface area contributed by atoms with Gasteiger partial charge in [0.05, 0.1) is 6.42 Å². The van der Waals surface area contributed by atoms with Crippen molar-refractivity contribution in [3.8, 4) is 0 Å². The van der Waals surface area contributed by atoms with Crippen LogP contribution in [0.25, 0.3) is 10.8 Å². The second-order valence-electron chi connectivity index (χ2n) is 3.97. The predicted octanol–water partition coefficient (Wildman–Crippen LogP) is 2.54.